The Labute approximate surface area is 144 Å². The van der Waals surface area contributed by atoms with Crippen molar-refractivity contribution < 1.29 is 14.6 Å². The first-order chi connectivity index (χ1) is 10.6. The molecule has 0 atom stereocenters. The third kappa shape index (κ3) is 3.51. The second-order valence-corrected chi connectivity index (χ2v) is 5.69. The zero-order valence-electron chi connectivity index (χ0n) is 11.4. The molecule has 2 rings (SSSR count). The van der Waals surface area contributed by atoms with E-state index in [1.165, 1.54) is 11.0 Å². The molecular weight excluding hydrogens is 416 g/mol. The fourth-order valence-electron chi connectivity index (χ4n) is 1.86. The van der Waals surface area contributed by atoms with Crippen molar-refractivity contribution >= 4 is 43.5 Å². The number of nitrogens with zero attached hydrogens (tertiary/aromatic N) is 2. The lowest BCUT2D eigenvalue weighted by Crippen LogP contribution is -2.38. The fourth-order valence-corrected chi connectivity index (χ4v) is 2.91. The zero-order chi connectivity index (χ0) is 16.1. The van der Waals surface area contributed by atoms with Crippen LogP contribution >= 0.6 is 31.9 Å². The van der Waals surface area contributed by atoms with Gasteiger partial charge in [-0.25, -0.2) is 0 Å². The minimum atomic E-state index is -0.348. The van der Waals surface area contributed by atoms with Gasteiger partial charge in [-0.3, -0.25) is 14.7 Å². The Morgan fingerprint density at radius 2 is 2.41 bits per heavy atom. The van der Waals surface area contributed by atoms with E-state index in [-0.39, 0.29) is 22.6 Å². The SMILES string of the molecule is C#C/C(=C\C(Br)=C(\O)CBr)C(=O)N1CCOc2ccncc21. The smallest absolute Gasteiger partial charge is 0.267 e. The van der Waals surface area contributed by atoms with Crippen molar-refractivity contribution in [2.24, 2.45) is 0 Å². The van der Waals surface area contributed by atoms with Crippen molar-refractivity contribution in [1.29, 1.82) is 0 Å². The number of ether oxygens (including phenoxy) is 1. The number of amides is 1. The maximum atomic E-state index is 12.6. The maximum absolute atomic E-state index is 12.6. The first kappa shape index (κ1) is 16.6. The predicted molar refractivity (Wildman–Crippen MR) is 91.4 cm³/mol. The van der Waals surface area contributed by atoms with E-state index >= 15 is 0 Å². The molecule has 1 N–H and O–H groups in total. The third-order valence-electron chi connectivity index (χ3n) is 2.93. The molecule has 0 unspecified atom stereocenters. The average Bonchev–Trinajstić information content (AvgIpc) is 2.57. The summed E-state index contributed by atoms with van der Waals surface area (Å²) < 4.78 is 5.84. The highest BCUT2D eigenvalue weighted by Gasteiger charge is 2.25. The summed E-state index contributed by atoms with van der Waals surface area (Å²) in [5.41, 5.74) is 0.695. The monoisotopic (exact) mass is 426 g/mol. The topological polar surface area (TPSA) is 62.7 Å². The molecule has 0 spiro atoms. The Hall–Kier alpha value is -1.78. The molecule has 0 bridgehead atoms. The van der Waals surface area contributed by atoms with Gasteiger partial charge in [0, 0.05) is 12.3 Å². The van der Waals surface area contributed by atoms with Gasteiger partial charge in [0.15, 0.2) is 0 Å². The van der Waals surface area contributed by atoms with E-state index < -0.39 is 0 Å². The maximum Gasteiger partial charge on any atom is 0.267 e. The number of allylic oxidation sites excluding steroid dienone is 3. The van der Waals surface area contributed by atoms with Crippen molar-refractivity contribution in [3.05, 3.63) is 40.4 Å². The average molecular weight is 428 g/mol. The van der Waals surface area contributed by atoms with Crippen molar-refractivity contribution in [3.63, 3.8) is 0 Å². The Bertz CT molecular complexity index is 692. The number of rotatable bonds is 3. The highest BCUT2D eigenvalue weighted by molar-refractivity contribution is 9.12. The number of aliphatic hydroxyl groups is 1. The molecule has 0 aliphatic carbocycles. The molecule has 7 heteroatoms. The lowest BCUT2D eigenvalue weighted by atomic mass is 10.2. The second kappa shape index (κ2) is 7.47. The van der Waals surface area contributed by atoms with Gasteiger partial charge in [0.05, 0.1) is 28.1 Å². The van der Waals surface area contributed by atoms with Gasteiger partial charge in [-0.05, 0) is 22.0 Å². The summed E-state index contributed by atoms with van der Waals surface area (Å²) in [6.07, 6.45) is 10.0. The predicted octanol–water partition coefficient (Wildman–Crippen LogP) is 2.93. The molecule has 0 fully saturated rings. The van der Waals surface area contributed by atoms with Crippen LogP contribution in [0, 0.1) is 12.3 Å². The summed E-state index contributed by atoms with van der Waals surface area (Å²) in [4.78, 5) is 18.2. The van der Waals surface area contributed by atoms with Gasteiger partial charge in [-0.1, -0.05) is 21.9 Å². The molecule has 1 aromatic heterocycles. The quantitative estimate of drug-likeness (QED) is 0.265. The summed E-state index contributed by atoms with van der Waals surface area (Å²) in [7, 11) is 0. The summed E-state index contributed by atoms with van der Waals surface area (Å²) in [5, 5.41) is 9.89. The summed E-state index contributed by atoms with van der Waals surface area (Å²) in [6.45, 7) is 0.757. The number of alkyl halides is 1. The molecule has 0 saturated heterocycles. The first-order valence-corrected chi connectivity index (χ1v) is 8.20. The van der Waals surface area contributed by atoms with Crippen molar-refractivity contribution in [2.45, 2.75) is 0 Å². The van der Waals surface area contributed by atoms with Crippen LogP contribution in [0.3, 0.4) is 0 Å². The van der Waals surface area contributed by atoms with Crippen LogP contribution in [0.15, 0.2) is 40.4 Å². The van der Waals surface area contributed by atoms with Crippen LogP contribution in [-0.4, -0.2) is 34.5 Å². The standard InChI is InChI=1S/C15H12Br2N2O3/c1-2-10(7-11(17)13(20)8-16)15(21)19-5-6-22-14-3-4-18-9-12(14)19/h1,3-4,7,9,20H,5-6,8H2/b10-7+,13-11-. The van der Waals surface area contributed by atoms with Crippen LogP contribution in [0.1, 0.15) is 0 Å². The van der Waals surface area contributed by atoms with Gasteiger partial charge in [0.25, 0.3) is 5.91 Å². The number of pyridine rings is 1. The number of aromatic nitrogens is 1. The van der Waals surface area contributed by atoms with Crippen molar-refractivity contribution in [3.8, 4) is 18.1 Å². The van der Waals surface area contributed by atoms with Gasteiger partial charge in [0.2, 0.25) is 0 Å². The Morgan fingerprint density at radius 3 is 3.09 bits per heavy atom. The minimum absolute atomic E-state index is 0.0459. The van der Waals surface area contributed by atoms with Gasteiger partial charge in [-0.15, -0.1) is 6.42 Å². The molecule has 2 heterocycles. The number of anilines is 1. The molecule has 0 aromatic carbocycles. The van der Waals surface area contributed by atoms with E-state index in [4.69, 9.17) is 11.2 Å². The largest absolute Gasteiger partial charge is 0.510 e. The Kier molecular flexibility index (Phi) is 5.63. The number of carbonyl (C=O) groups excluding carboxylic acids is 1. The van der Waals surface area contributed by atoms with Crippen LogP contribution in [0.4, 0.5) is 5.69 Å². The number of fused-ring (bicyclic) bond motifs is 1. The molecule has 1 amide bonds. The van der Waals surface area contributed by atoms with Crippen LogP contribution in [-0.2, 0) is 4.79 Å². The number of hydrogen-bond donors (Lipinski definition) is 1. The van der Waals surface area contributed by atoms with E-state index in [9.17, 15) is 9.90 Å². The highest BCUT2D eigenvalue weighted by Crippen LogP contribution is 2.31. The van der Waals surface area contributed by atoms with Gasteiger partial charge < -0.3 is 9.84 Å². The van der Waals surface area contributed by atoms with Crippen LogP contribution in [0.25, 0.3) is 0 Å². The molecule has 1 aliphatic heterocycles. The third-order valence-corrected chi connectivity index (χ3v) is 4.15. The molecule has 114 valence electrons. The van der Waals surface area contributed by atoms with Crippen molar-refractivity contribution in [2.75, 3.05) is 23.4 Å². The first-order valence-electron chi connectivity index (χ1n) is 6.29. The summed E-state index contributed by atoms with van der Waals surface area (Å²) in [5.74, 6) is 2.64. The molecule has 0 radical (unpaired) electrons. The van der Waals surface area contributed by atoms with Crippen LogP contribution in [0.2, 0.25) is 0 Å². The highest BCUT2D eigenvalue weighted by atomic mass is 79.9. The Morgan fingerprint density at radius 1 is 1.64 bits per heavy atom. The number of hydrogen-bond acceptors (Lipinski definition) is 4. The molecule has 0 saturated carbocycles. The molecule has 1 aliphatic rings. The molecule has 5 nitrogen and oxygen atoms in total. The summed E-state index contributed by atoms with van der Waals surface area (Å²) in [6, 6.07) is 1.69. The number of terminal acetylenes is 1. The Balaban J connectivity index is 2.36. The van der Waals surface area contributed by atoms with E-state index in [1.54, 1.807) is 18.5 Å². The molecular formula is C15H12Br2N2O3. The molecule has 22 heavy (non-hydrogen) atoms. The van der Waals surface area contributed by atoms with E-state index in [2.05, 4.69) is 42.8 Å². The van der Waals surface area contributed by atoms with Gasteiger partial charge in [0.1, 0.15) is 23.8 Å². The van der Waals surface area contributed by atoms with Crippen LogP contribution in [0.5, 0.6) is 5.75 Å². The number of carbonyl (C=O) groups is 1. The normalized spacial score (nSPS) is 15.3. The van der Waals surface area contributed by atoms with Gasteiger partial charge >= 0.3 is 0 Å². The van der Waals surface area contributed by atoms with Crippen LogP contribution < -0.4 is 9.64 Å². The second-order valence-electron chi connectivity index (χ2n) is 4.28. The van der Waals surface area contributed by atoms with Crippen molar-refractivity contribution in [1.82, 2.24) is 4.98 Å². The van der Waals surface area contributed by atoms with E-state index in [1.807, 2.05) is 0 Å². The van der Waals surface area contributed by atoms with E-state index in [0.29, 0.717) is 29.1 Å². The lowest BCUT2D eigenvalue weighted by molar-refractivity contribution is -0.115. The lowest BCUT2D eigenvalue weighted by Gasteiger charge is -2.28. The van der Waals surface area contributed by atoms with Gasteiger partial charge in [-0.2, -0.15) is 0 Å². The van der Waals surface area contributed by atoms with E-state index in [0.717, 1.165) is 0 Å². The zero-order valence-corrected chi connectivity index (χ0v) is 14.6. The molecule has 1 aromatic rings. The number of aliphatic hydroxyl groups excluding tert-OH is 1. The fraction of sp³-hybridized carbons (Fsp3) is 0.200. The minimum Gasteiger partial charge on any atom is -0.510 e. The summed E-state index contributed by atoms with van der Waals surface area (Å²) >= 11 is 6.31. The number of halogens is 2.